The van der Waals surface area contributed by atoms with Gasteiger partial charge in [-0.05, 0) is 25.8 Å². The summed E-state index contributed by atoms with van der Waals surface area (Å²) in [7, 11) is 0. The van der Waals surface area contributed by atoms with Crippen molar-refractivity contribution >= 4 is 5.78 Å². The fourth-order valence-electron chi connectivity index (χ4n) is 0.505. The van der Waals surface area contributed by atoms with E-state index in [0.29, 0.717) is 0 Å². The molecule has 0 bridgehead atoms. The van der Waals surface area contributed by atoms with E-state index in [4.69, 9.17) is 0 Å². The molecule has 1 nitrogen and oxygen atoms in total. The summed E-state index contributed by atoms with van der Waals surface area (Å²) in [5.41, 5.74) is 0.886. The minimum Gasteiger partial charge on any atom is -0.295 e. The van der Waals surface area contributed by atoms with Crippen LogP contribution >= 0.6 is 0 Å². The standard InChI is InChI=1S/C8H14O/c1-4-5-6-7(2)8(3)9/h6H,4-5H2,1-3H3/b7-6+. The van der Waals surface area contributed by atoms with E-state index in [-0.39, 0.29) is 5.78 Å². The molecule has 0 aromatic rings. The second-order valence-electron chi connectivity index (χ2n) is 2.23. The number of carbonyl (C=O) groups is 1. The van der Waals surface area contributed by atoms with Crippen LogP contribution in [-0.2, 0) is 4.79 Å². The third-order valence-corrected chi connectivity index (χ3v) is 1.29. The zero-order valence-corrected chi connectivity index (χ0v) is 6.40. The Morgan fingerprint density at radius 3 is 2.33 bits per heavy atom. The predicted octanol–water partition coefficient (Wildman–Crippen LogP) is 2.32. The van der Waals surface area contributed by atoms with Crippen LogP contribution in [0.1, 0.15) is 33.6 Å². The van der Waals surface area contributed by atoms with Crippen LogP contribution in [0.5, 0.6) is 0 Å². The van der Waals surface area contributed by atoms with Crippen molar-refractivity contribution in [1.29, 1.82) is 0 Å². The summed E-state index contributed by atoms with van der Waals surface area (Å²) in [6.07, 6.45) is 4.12. The van der Waals surface area contributed by atoms with Gasteiger partial charge in [0, 0.05) is 0 Å². The van der Waals surface area contributed by atoms with E-state index >= 15 is 0 Å². The lowest BCUT2D eigenvalue weighted by Crippen LogP contribution is -1.90. The molecule has 1 heteroatoms. The average molecular weight is 126 g/mol. The lowest BCUT2D eigenvalue weighted by Gasteiger charge is -1.90. The van der Waals surface area contributed by atoms with Gasteiger partial charge in [0.25, 0.3) is 0 Å². The molecule has 0 aliphatic rings. The molecule has 0 aromatic carbocycles. The molecule has 0 aliphatic carbocycles. The summed E-state index contributed by atoms with van der Waals surface area (Å²) >= 11 is 0. The van der Waals surface area contributed by atoms with Crippen molar-refractivity contribution in [2.45, 2.75) is 33.6 Å². The van der Waals surface area contributed by atoms with Gasteiger partial charge < -0.3 is 0 Å². The van der Waals surface area contributed by atoms with E-state index in [2.05, 4.69) is 6.92 Å². The first kappa shape index (κ1) is 8.41. The summed E-state index contributed by atoms with van der Waals surface area (Å²) in [5.74, 6) is 0.184. The van der Waals surface area contributed by atoms with Crippen LogP contribution in [0.2, 0.25) is 0 Å². The second kappa shape index (κ2) is 4.30. The molecule has 0 aliphatic heterocycles. The van der Waals surface area contributed by atoms with Gasteiger partial charge in [-0.25, -0.2) is 0 Å². The maximum atomic E-state index is 10.6. The lowest BCUT2D eigenvalue weighted by atomic mass is 10.1. The molecule has 0 heterocycles. The second-order valence-corrected chi connectivity index (χ2v) is 2.23. The molecule has 0 unspecified atom stereocenters. The Labute approximate surface area is 56.8 Å². The molecule has 0 rings (SSSR count). The average Bonchev–Trinajstić information content (AvgIpc) is 1.82. The molecule has 0 amide bonds. The van der Waals surface area contributed by atoms with Gasteiger partial charge in [0.05, 0.1) is 0 Å². The van der Waals surface area contributed by atoms with Gasteiger partial charge in [0.2, 0.25) is 0 Å². The maximum Gasteiger partial charge on any atom is 0.155 e. The number of hydrogen-bond donors (Lipinski definition) is 0. The number of ketones is 1. The zero-order valence-electron chi connectivity index (χ0n) is 6.40. The van der Waals surface area contributed by atoms with E-state index in [0.717, 1.165) is 18.4 Å². The summed E-state index contributed by atoms with van der Waals surface area (Å²) < 4.78 is 0. The van der Waals surface area contributed by atoms with Gasteiger partial charge >= 0.3 is 0 Å². The summed E-state index contributed by atoms with van der Waals surface area (Å²) in [4.78, 5) is 10.6. The normalized spacial score (nSPS) is 11.7. The fourth-order valence-corrected chi connectivity index (χ4v) is 0.505. The topological polar surface area (TPSA) is 17.1 Å². The van der Waals surface area contributed by atoms with Gasteiger partial charge in [-0.15, -0.1) is 0 Å². The van der Waals surface area contributed by atoms with Gasteiger partial charge in [-0.2, -0.15) is 0 Å². The molecule has 0 saturated carbocycles. The zero-order chi connectivity index (χ0) is 7.28. The molecule has 0 fully saturated rings. The number of unbranched alkanes of at least 4 members (excludes halogenated alkanes) is 1. The Hall–Kier alpha value is -0.590. The molecular weight excluding hydrogens is 112 g/mol. The summed E-state index contributed by atoms with van der Waals surface area (Å²) in [5, 5.41) is 0. The van der Waals surface area contributed by atoms with Crippen molar-refractivity contribution in [3.63, 3.8) is 0 Å². The van der Waals surface area contributed by atoms with Crippen LogP contribution < -0.4 is 0 Å². The first-order chi connectivity index (χ1) is 4.18. The lowest BCUT2D eigenvalue weighted by molar-refractivity contribution is -0.113. The van der Waals surface area contributed by atoms with Gasteiger partial charge in [-0.3, -0.25) is 4.79 Å². The Bertz CT molecular complexity index is 123. The quantitative estimate of drug-likeness (QED) is 0.530. The Morgan fingerprint density at radius 2 is 2.00 bits per heavy atom. The number of rotatable bonds is 3. The third-order valence-electron chi connectivity index (χ3n) is 1.29. The van der Waals surface area contributed by atoms with Gasteiger partial charge in [0.15, 0.2) is 5.78 Å². The fraction of sp³-hybridized carbons (Fsp3) is 0.625. The monoisotopic (exact) mass is 126 g/mol. The van der Waals surface area contributed by atoms with E-state index in [1.54, 1.807) is 6.92 Å². The van der Waals surface area contributed by atoms with Crippen molar-refractivity contribution in [3.8, 4) is 0 Å². The Kier molecular flexibility index (Phi) is 4.02. The Balaban J connectivity index is 3.69. The third kappa shape index (κ3) is 3.95. The van der Waals surface area contributed by atoms with Crippen molar-refractivity contribution < 1.29 is 4.79 Å². The molecular formula is C8H14O. The molecule has 0 saturated heterocycles. The van der Waals surface area contributed by atoms with Crippen LogP contribution in [0.15, 0.2) is 11.6 Å². The molecule has 0 aromatic heterocycles. The SMILES string of the molecule is CCC/C=C(\C)C(C)=O. The highest BCUT2D eigenvalue weighted by Gasteiger charge is 1.92. The van der Waals surface area contributed by atoms with Crippen LogP contribution in [0.3, 0.4) is 0 Å². The van der Waals surface area contributed by atoms with E-state index in [1.807, 2.05) is 13.0 Å². The van der Waals surface area contributed by atoms with Crippen LogP contribution in [0.4, 0.5) is 0 Å². The van der Waals surface area contributed by atoms with E-state index in [9.17, 15) is 4.79 Å². The smallest absolute Gasteiger partial charge is 0.155 e. The molecule has 0 radical (unpaired) electrons. The number of carbonyl (C=O) groups excluding carboxylic acids is 1. The molecule has 9 heavy (non-hydrogen) atoms. The summed E-state index contributed by atoms with van der Waals surface area (Å²) in [6, 6.07) is 0. The highest BCUT2D eigenvalue weighted by molar-refractivity contribution is 5.92. The van der Waals surface area contributed by atoms with Gasteiger partial charge in [0.1, 0.15) is 0 Å². The predicted molar refractivity (Wildman–Crippen MR) is 39.3 cm³/mol. The molecule has 0 N–H and O–H groups in total. The number of hydrogen-bond acceptors (Lipinski definition) is 1. The van der Waals surface area contributed by atoms with Gasteiger partial charge in [-0.1, -0.05) is 19.4 Å². The minimum atomic E-state index is 0.184. The number of Topliss-reactive ketones (excluding diaryl/α,β-unsaturated/α-hetero) is 1. The van der Waals surface area contributed by atoms with Crippen LogP contribution in [-0.4, -0.2) is 5.78 Å². The highest BCUT2D eigenvalue weighted by Crippen LogP contribution is 1.97. The van der Waals surface area contributed by atoms with Crippen molar-refractivity contribution in [1.82, 2.24) is 0 Å². The van der Waals surface area contributed by atoms with Crippen LogP contribution in [0, 0.1) is 0 Å². The van der Waals surface area contributed by atoms with Crippen molar-refractivity contribution in [2.75, 3.05) is 0 Å². The van der Waals surface area contributed by atoms with Crippen molar-refractivity contribution in [3.05, 3.63) is 11.6 Å². The van der Waals surface area contributed by atoms with E-state index in [1.165, 1.54) is 0 Å². The van der Waals surface area contributed by atoms with E-state index < -0.39 is 0 Å². The largest absolute Gasteiger partial charge is 0.295 e. The maximum absolute atomic E-state index is 10.6. The van der Waals surface area contributed by atoms with Crippen molar-refractivity contribution in [2.24, 2.45) is 0 Å². The summed E-state index contributed by atoms with van der Waals surface area (Å²) in [6.45, 7) is 5.56. The highest BCUT2D eigenvalue weighted by atomic mass is 16.1. The first-order valence-electron chi connectivity index (χ1n) is 3.36. The molecule has 0 atom stereocenters. The molecule has 52 valence electrons. The van der Waals surface area contributed by atoms with Crippen LogP contribution in [0.25, 0.3) is 0 Å². The number of allylic oxidation sites excluding steroid dienone is 2. The first-order valence-corrected chi connectivity index (χ1v) is 3.36. The Morgan fingerprint density at radius 1 is 1.44 bits per heavy atom. The molecule has 0 spiro atoms. The minimum absolute atomic E-state index is 0.184.